The first-order valence-electron chi connectivity index (χ1n) is 6.09. The van der Waals surface area contributed by atoms with Gasteiger partial charge in [0.1, 0.15) is 22.8 Å². The van der Waals surface area contributed by atoms with E-state index in [4.69, 9.17) is 20.4 Å². The van der Waals surface area contributed by atoms with E-state index in [9.17, 15) is 19.2 Å². The summed E-state index contributed by atoms with van der Waals surface area (Å²) in [6.45, 7) is 0. The van der Waals surface area contributed by atoms with Gasteiger partial charge in [0.05, 0.1) is 0 Å². The van der Waals surface area contributed by atoms with E-state index in [1.807, 2.05) is 0 Å². The maximum Gasteiger partial charge on any atom is 0.354 e. The Morgan fingerprint density at radius 3 is 0.920 bits per heavy atom. The number of pyridine rings is 2. The van der Waals surface area contributed by atoms with Crippen molar-refractivity contribution < 1.29 is 62.0 Å². The Labute approximate surface area is 155 Å². The maximum atomic E-state index is 10.3. The Balaban J connectivity index is 0.000000443. The van der Waals surface area contributed by atoms with E-state index in [2.05, 4.69) is 9.97 Å². The molecule has 1 radical (unpaired) electrons. The molecule has 25 heavy (non-hydrogen) atoms. The van der Waals surface area contributed by atoms with Crippen molar-refractivity contribution in [1.82, 2.24) is 9.97 Å². The number of carboxylic acids is 4. The standard InChI is InChI=1S/2C7H5NO4.Ag/c2*9-6(10)4-2-1-3-5(8-4)7(11)12;/h2*1-3H,(H,9,10)(H,11,12);. The van der Waals surface area contributed by atoms with Crippen LogP contribution in [0.25, 0.3) is 0 Å². The molecule has 2 heterocycles. The third-order valence-corrected chi connectivity index (χ3v) is 2.37. The van der Waals surface area contributed by atoms with Gasteiger partial charge in [-0.25, -0.2) is 29.1 Å². The summed E-state index contributed by atoms with van der Waals surface area (Å²) in [5, 5.41) is 33.7. The van der Waals surface area contributed by atoms with Crippen LogP contribution in [-0.4, -0.2) is 54.3 Å². The molecule has 135 valence electrons. The number of aromatic carboxylic acids is 4. The smallest absolute Gasteiger partial charge is 0.354 e. The molecule has 4 N–H and O–H groups in total. The second kappa shape index (κ2) is 9.93. The second-order valence-corrected chi connectivity index (χ2v) is 4.04. The monoisotopic (exact) mass is 441 g/mol. The molecule has 0 atom stereocenters. The zero-order valence-electron chi connectivity index (χ0n) is 12.1. The van der Waals surface area contributed by atoms with Crippen molar-refractivity contribution in [3.8, 4) is 0 Å². The number of hydrogen-bond donors (Lipinski definition) is 4. The SMILES string of the molecule is O=C(O)c1cccc(C(=O)O)n1.O=C(O)c1cccc(C(=O)O)n1.[Ag]. The minimum absolute atomic E-state index is 0. The summed E-state index contributed by atoms with van der Waals surface area (Å²) in [5.41, 5.74) is -1.07. The fourth-order valence-electron chi connectivity index (χ4n) is 1.35. The van der Waals surface area contributed by atoms with Crippen molar-refractivity contribution in [2.24, 2.45) is 0 Å². The van der Waals surface area contributed by atoms with Crippen molar-refractivity contribution in [2.75, 3.05) is 0 Å². The van der Waals surface area contributed by atoms with Gasteiger partial charge in [-0.2, -0.15) is 0 Å². The van der Waals surface area contributed by atoms with Gasteiger partial charge in [-0.1, -0.05) is 12.1 Å². The average molecular weight is 442 g/mol. The van der Waals surface area contributed by atoms with Crippen LogP contribution < -0.4 is 0 Å². The topological polar surface area (TPSA) is 175 Å². The molecule has 0 amide bonds. The molecule has 0 saturated heterocycles. The van der Waals surface area contributed by atoms with Crippen LogP contribution in [0.4, 0.5) is 0 Å². The predicted octanol–water partition coefficient (Wildman–Crippen LogP) is 0.954. The molecule has 0 aliphatic heterocycles. The summed E-state index contributed by atoms with van der Waals surface area (Å²) in [6, 6.07) is 7.59. The third kappa shape index (κ3) is 6.91. The summed E-state index contributed by atoms with van der Waals surface area (Å²) < 4.78 is 0. The molecule has 11 heteroatoms. The maximum absolute atomic E-state index is 10.3. The largest absolute Gasteiger partial charge is 0.477 e. The van der Waals surface area contributed by atoms with E-state index in [1.54, 1.807) is 0 Å². The predicted molar refractivity (Wildman–Crippen MR) is 76.3 cm³/mol. The van der Waals surface area contributed by atoms with Crippen LogP contribution in [-0.2, 0) is 22.4 Å². The van der Waals surface area contributed by atoms with E-state index >= 15 is 0 Å². The molecule has 0 aromatic carbocycles. The molecular formula is C14H10AgN2O8. The van der Waals surface area contributed by atoms with Gasteiger partial charge in [-0.3, -0.25) is 0 Å². The summed E-state index contributed by atoms with van der Waals surface area (Å²) in [4.78, 5) is 48.0. The van der Waals surface area contributed by atoms with Gasteiger partial charge in [-0.05, 0) is 24.3 Å². The van der Waals surface area contributed by atoms with E-state index < -0.39 is 23.9 Å². The van der Waals surface area contributed by atoms with Crippen molar-refractivity contribution in [2.45, 2.75) is 0 Å². The Morgan fingerprint density at radius 2 is 0.760 bits per heavy atom. The van der Waals surface area contributed by atoms with Crippen LogP contribution in [0.1, 0.15) is 42.0 Å². The summed E-state index contributed by atoms with van der Waals surface area (Å²) in [6.07, 6.45) is 0. The van der Waals surface area contributed by atoms with E-state index in [-0.39, 0.29) is 45.2 Å². The molecular weight excluding hydrogens is 432 g/mol. The van der Waals surface area contributed by atoms with Gasteiger partial charge < -0.3 is 20.4 Å². The van der Waals surface area contributed by atoms with Gasteiger partial charge in [0.15, 0.2) is 0 Å². The van der Waals surface area contributed by atoms with Gasteiger partial charge >= 0.3 is 23.9 Å². The molecule has 2 rings (SSSR count). The van der Waals surface area contributed by atoms with Crippen molar-refractivity contribution >= 4 is 23.9 Å². The molecule has 10 nitrogen and oxygen atoms in total. The Morgan fingerprint density at radius 1 is 0.560 bits per heavy atom. The molecule has 0 aliphatic carbocycles. The number of hydrogen-bond acceptors (Lipinski definition) is 6. The molecule has 0 aliphatic rings. The fourth-order valence-corrected chi connectivity index (χ4v) is 1.35. The Kier molecular flexibility index (Phi) is 8.70. The van der Waals surface area contributed by atoms with Crippen LogP contribution in [0, 0.1) is 0 Å². The molecule has 0 unspecified atom stereocenters. The quantitative estimate of drug-likeness (QED) is 0.499. The Hall–Kier alpha value is -3.08. The van der Waals surface area contributed by atoms with Crippen molar-refractivity contribution in [1.29, 1.82) is 0 Å². The van der Waals surface area contributed by atoms with Crippen LogP contribution in [0.3, 0.4) is 0 Å². The molecule has 2 aromatic heterocycles. The summed E-state index contributed by atoms with van der Waals surface area (Å²) >= 11 is 0. The van der Waals surface area contributed by atoms with Crippen molar-refractivity contribution in [3.05, 3.63) is 59.2 Å². The summed E-state index contributed by atoms with van der Waals surface area (Å²) in [7, 11) is 0. The van der Waals surface area contributed by atoms with E-state index in [0.29, 0.717) is 0 Å². The third-order valence-electron chi connectivity index (χ3n) is 2.37. The van der Waals surface area contributed by atoms with Gasteiger partial charge in [0.2, 0.25) is 0 Å². The second-order valence-electron chi connectivity index (χ2n) is 4.04. The van der Waals surface area contributed by atoms with E-state index in [0.717, 1.165) is 0 Å². The van der Waals surface area contributed by atoms with Crippen molar-refractivity contribution in [3.63, 3.8) is 0 Å². The first-order valence-corrected chi connectivity index (χ1v) is 6.09. The van der Waals surface area contributed by atoms with E-state index in [1.165, 1.54) is 36.4 Å². The normalized spacial score (nSPS) is 8.96. The number of aromatic nitrogens is 2. The zero-order chi connectivity index (χ0) is 18.3. The van der Waals surface area contributed by atoms with Crippen LogP contribution in [0.5, 0.6) is 0 Å². The van der Waals surface area contributed by atoms with Gasteiger partial charge in [0, 0.05) is 22.4 Å². The minimum atomic E-state index is -1.24. The molecule has 0 spiro atoms. The van der Waals surface area contributed by atoms with Gasteiger partial charge in [0.25, 0.3) is 0 Å². The molecule has 0 saturated carbocycles. The number of nitrogens with zero attached hydrogens (tertiary/aromatic N) is 2. The number of carboxylic acid groups (broad SMARTS) is 4. The van der Waals surface area contributed by atoms with Gasteiger partial charge in [-0.15, -0.1) is 0 Å². The Bertz CT molecular complexity index is 683. The molecule has 0 bridgehead atoms. The zero-order valence-corrected chi connectivity index (χ0v) is 13.6. The molecule has 0 fully saturated rings. The average Bonchev–Trinajstić information content (AvgIpc) is 2.55. The molecule has 2 aromatic rings. The first-order chi connectivity index (χ1) is 11.2. The number of carbonyl (C=O) groups is 4. The fraction of sp³-hybridized carbons (Fsp3) is 0. The van der Waals surface area contributed by atoms with Crippen LogP contribution in [0.15, 0.2) is 36.4 Å². The first kappa shape index (κ1) is 21.9. The van der Waals surface area contributed by atoms with Crippen LogP contribution >= 0.6 is 0 Å². The summed E-state index contributed by atoms with van der Waals surface area (Å²) in [5.74, 6) is -4.95. The number of rotatable bonds is 4. The van der Waals surface area contributed by atoms with Crippen LogP contribution in [0.2, 0.25) is 0 Å². The minimum Gasteiger partial charge on any atom is -0.477 e.